The zero-order valence-electron chi connectivity index (χ0n) is 10.4. The first-order valence-electron chi connectivity index (χ1n) is 5.91. The molecule has 0 aliphatic carbocycles. The van der Waals surface area contributed by atoms with E-state index in [2.05, 4.69) is 4.98 Å². The van der Waals surface area contributed by atoms with E-state index in [0.29, 0.717) is 16.9 Å². The molecule has 3 aromatic rings. The lowest BCUT2D eigenvalue weighted by molar-refractivity contribution is 0.628. The first kappa shape index (κ1) is 12.2. The Morgan fingerprint density at radius 2 is 2.05 bits per heavy atom. The molecule has 2 heterocycles. The number of pyridine rings is 1. The Morgan fingerprint density at radius 3 is 2.75 bits per heavy atom. The Kier molecular flexibility index (Phi) is 2.83. The molecule has 0 aliphatic heterocycles. The normalized spacial score (nSPS) is 10.7. The number of imidazole rings is 1. The Balaban J connectivity index is 2.23. The molecule has 0 aliphatic rings. The minimum Gasteiger partial charge on any atom is -0.336 e. The van der Waals surface area contributed by atoms with Crippen LogP contribution in [-0.2, 0) is 0 Å². The van der Waals surface area contributed by atoms with Gasteiger partial charge in [0.2, 0.25) is 0 Å². The van der Waals surface area contributed by atoms with Crippen LogP contribution in [0.3, 0.4) is 0 Å². The second-order valence-corrected chi connectivity index (χ2v) is 4.29. The molecule has 2 aromatic heterocycles. The molecule has 0 unspecified atom stereocenters. The van der Waals surface area contributed by atoms with Gasteiger partial charge in [0, 0.05) is 24.0 Å². The van der Waals surface area contributed by atoms with Crippen molar-refractivity contribution in [2.24, 2.45) is 0 Å². The maximum absolute atomic E-state index is 13.3. The highest BCUT2D eigenvalue weighted by atomic mass is 19.1. The lowest BCUT2D eigenvalue weighted by Crippen LogP contribution is -2.28. The van der Waals surface area contributed by atoms with Crippen molar-refractivity contribution in [3.8, 4) is 16.9 Å². The van der Waals surface area contributed by atoms with Crippen LogP contribution in [0.4, 0.5) is 4.39 Å². The predicted molar refractivity (Wildman–Crippen MR) is 73.4 cm³/mol. The molecule has 5 nitrogen and oxygen atoms in total. The summed E-state index contributed by atoms with van der Waals surface area (Å²) in [7, 11) is 0. The molecule has 20 heavy (non-hydrogen) atoms. The fourth-order valence-electron chi connectivity index (χ4n) is 2.00. The summed E-state index contributed by atoms with van der Waals surface area (Å²) in [5, 5.41) is 0. The SMILES string of the molecule is Nn1c(-c2cccc(F)c2)cc(-n2ccnc2)cc1=O. The minimum absolute atomic E-state index is 0.379. The number of benzene rings is 1. The average Bonchev–Trinajstić information content (AvgIpc) is 2.95. The van der Waals surface area contributed by atoms with Crippen LogP contribution in [0.25, 0.3) is 16.9 Å². The molecule has 0 bridgehead atoms. The van der Waals surface area contributed by atoms with E-state index in [1.54, 1.807) is 41.5 Å². The fraction of sp³-hybridized carbons (Fsp3) is 0. The smallest absolute Gasteiger partial charge is 0.271 e. The van der Waals surface area contributed by atoms with Crippen molar-refractivity contribution in [3.63, 3.8) is 0 Å². The highest BCUT2D eigenvalue weighted by molar-refractivity contribution is 5.62. The zero-order chi connectivity index (χ0) is 14.1. The van der Waals surface area contributed by atoms with Gasteiger partial charge in [-0.05, 0) is 18.2 Å². The second kappa shape index (κ2) is 4.65. The number of rotatable bonds is 2. The van der Waals surface area contributed by atoms with E-state index < -0.39 is 0 Å². The molecule has 0 saturated carbocycles. The molecule has 0 saturated heterocycles. The van der Waals surface area contributed by atoms with Gasteiger partial charge in [-0.3, -0.25) is 4.79 Å². The summed E-state index contributed by atoms with van der Waals surface area (Å²) in [6.45, 7) is 0. The van der Waals surface area contributed by atoms with E-state index in [-0.39, 0.29) is 11.4 Å². The lowest BCUT2D eigenvalue weighted by atomic mass is 10.1. The van der Waals surface area contributed by atoms with Crippen LogP contribution in [-0.4, -0.2) is 14.2 Å². The van der Waals surface area contributed by atoms with Crippen LogP contribution >= 0.6 is 0 Å². The van der Waals surface area contributed by atoms with Crippen molar-refractivity contribution in [2.75, 3.05) is 5.84 Å². The van der Waals surface area contributed by atoms with Crippen molar-refractivity contribution in [3.05, 3.63) is 71.3 Å². The van der Waals surface area contributed by atoms with Crippen LogP contribution in [0.1, 0.15) is 0 Å². The molecular formula is C14H11FN4O. The van der Waals surface area contributed by atoms with Gasteiger partial charge in [-0.15, -0.1) is 0 Å². The van der Waals surface area contributed by atoms with Crippen LogP contribution in [0.15, 0.2) is 59.9 Å². The molecule has 0 fully saturated rings. The quantitative estimate of drug-likeness (QED) is 0.718. The number of nitrogens with zero attached hydrogens (tertiary/aromatic N) is 3. The third kappa shape index (κ3) is 2.07. The second-order valence-electron chi connectivity index (χ2n) is 4.29. The fourth-order valence-corrected chi connectivity index (χ4v) is 2.00. The summed E-state index contributed by atoms with van der Waals surface area (Å²) in [4.78, 5) is 15.9. The monoisotopic (exact) mass is 270 g/mol. The van der Waals surface area contributed by atoms with E-state index in [0.717, 1.165) is 4.68 Å². The van der Waals surface area contributed by atoms with E-state index in [9.17, 15) is 9.18 Å². The Bertz CT molecular complexity index is 808. The van der Waals surface area contributed by atoms with E-state index >= 15 is 0 Å². The Morgan fingerprint density at radius 1 is 1.20 bits per heavy atom. The molecule has 0 atom stereocenters. The van der Waals surface area contributed by atoms with Crippen LogP contribution in [0.2, 0.25) is 0 Å². The van der Waals surface area contributed by atoms with Crippen molar-refractivity contribution >= 4 is 0 Å². The number of aromatic nitrogens is 3. The number of hydrogen-bond acceptors (Lipinski definition) is 3. The molecule has 100 valence electrons. The van der Waals surface area contributed by atoms with Crippen LogP contribution in [0.5, 0.6) is 0 Å². The van der Waals surface area contributed by atoms with Gasteiger partial charge < -0.3 is 10.4 Å². The number of nitrogens with two attached hydrogens (primary N) is 1. The lowest BCUT2D eigenvalue weighted by Gasteiger charge is -2.11. The minimum atomic E-state index is -0.386. The van der Waals surface area contributed by atoms with Crippen molar-refractivity contribution in [2.45, 2.75) is 0 Å². The van der Waals surface area contributed by atoms with Gasteiger partial charge in [0.25, 0.3) is 5.56 Å². The first-order chi connectivity index (χ1) is 9.65. The van der Waals surface area contributed by atoms with E-state index in [1.165, 1.54) is 18.2 Å². The van der Waals surface area contributed by atoms with Gasteiger partial charge in [-0.2, -0.15) is 0 Å². The number of halogens is 1. The van der Waals surface area contributed by atoms with Gasteiger partial charge >= 0.3 is 0 Å². The molecule has 3 rings (SSSR count). The number of nitrogen functional groups attached to an aromatic ring is 1. The van der Waals surface area contributed by atoms with Crippen LogP contribution < -0.4 is 11.4 Å². The third-order valence-corrected chi connectivity index (χ3v) is 2.98. The Labute approximate surface area is 113 Å². The largest absolute Gasteiger partial charge is 0.336 e. The summed E-state index contributed by atoms with van der Waals surface area (Å²) >= 11 is 0. The third-order valence-electron chi connectivity index (χ3n) is 2.98. The molecule has 0 spiro atoms. The van der Waals surface area contributed by atoms with Gasteiger partial charge in [-0.1, -0.05) is 12.1 Å². The van der Waals surface area contributed by atoms with Gasteiger partial charge in [0.1, 0.15) is 5.82 Å². The molecule has 0 radical (unpaired) electrons. The van der Waals surface area contributed by atoms with Crippen LogP contribution in [0, 0.1) is 5.82 Å². The molecule has 6 heteroatoms. The summed E-state index contributed by atoms with van der Waals surface area (Å²) in [6.07, 6.45) is 4.89. The first-order valence-corrected chi connectivity index (χ1v) is 5.91. The van der Waals surface area contributed by atoms with E-state index in [1.807, 2.05) is 0 Å². The zero-order valence-corrected chi connectivity index (χ0v) is 10.4. The molecule has 1 aromatic carbocycles. The van der Waals surface area contributed by atoms with Crippen molar-refractivity contribution in [1.29, 1.82) is 0 Å². The molecule has 2 N–H and O–H groups in total. The summed E-state index contributed by atoms with van der Waals surface area (Å²) in [5.74, 6) is 5.36. The maximum atomic E-state index is 13.3. The predicted octanol–water partition coefficient (Wildman–Crippen LogP) is 1.55. The highest BCUT2D eigenvalue weighted by Gasteiger charge is 2.08. The van der Waals surface area contributed by atoms with Gasteiger partial charge in [0.15, 0.2) is 0 Å². The van der Waals surface area contributed by atoms with Gasteiger partial charge in [-0.25, -0.2) is 14.1 Å². The van der Waals surface area contributed by atoms with Crippen molar-refractivity contribution < 1.29 is 4.39 Å². The molecule has 0 amide bonds. The average molecular weight is 270 g/mol. The maximum Gasteiger partial charge on any atom is 0.271 e. The Hall–Kier alpha value is -2.89. The van der Waals surface area contributed by atoms with E-state index in [4.69, 9.17) is 5.84 Å². The van der Waals surface area contributed by atoms with Crippen molar-refractivity contribution in [1.82, 2.24) is 14.2 Å². The highest BCUT2D eigenvalue weighted by Crippen LogP contribution is 2.20. The molecular weight excluding hydrogens is 259 g/mol. The standard InChI is InChI=1S/C14H11FN4O/c15-11-3-1-2-10(6-11)13-7-12(8-14(20)19(13)16)18-5-4-17-9-18/h1-9H,16H2. The summed E-state index contributed by atoms with van der Waals surface area (Å²) in [5.41, 5.74) is 1.20. The summed E-state index contributed by atoms with van der Waals surface area (Å²) in [6, 6.07) is 9.03. The van der Waals surface area contributed by atoms with Gasteiger partial charge in [0.05, 0.1) is 17.7 Å². The topological polar surface area (TPSA) is 65.8 Å². The number of hydrogen-bond donors (Lipinski definition) is 1. The summed E-state index contributed by atoms with van der Waals surface area (Å²) < 4.78 is 16.0.